The van der Waals surface area contributed by atoms with Gasteiger partial charge in [-0.25, -0.2) is 4.68 Å². The van der Waals surface area contributed by atoms with Gasteiger partial charge in [-0.3, -0.25) is 9.59 Å². The summed E-state index contributed by atoms with van der Waals surface area (Å²) in [6, 6.07) is 11.6. The fourth-order valence-corrected chi connectivity index (χ4v) is 2.72. The molecule has 6 heteroatoms. The molecule has 0 radical (unpaired) electrons. The second-order valence-corrected chi connectivity index (χ2v) is 6.04. The van der Waals surface area contributed by atoms with Crippen LogP contribution in [0.4, 0.5) is 5.69 Å². The highest BCUT2D eigenvalue weighted by Crippen LogP contribution is 2.20. The molecule has 24 heavy (non-hydrogen) atoms. The van der Waals surface area contributed by atoms with Gasteiger partial charge < -0.3 is 5.32 Å². The topological polar surface area (TPSA) is 64.0 Å². The number of carbonyl (C=O) groups excluding carboxylic acids is 1. The molecule has 0 bridgehead atoms. The summed E-state index contributed by atoms with van der Waals surface area (Å²) < 4.78 is 1.20. The number of nitrogens with one attached hydrogen (secondary N) is 1. The van der Waals surface area contributed by atoms with Gasteiger partial charge in [0.15, 0.2) is 0 Å². The lowest BCUT2D eigenvalue weighted by Gasteiger charge is -2.15. The number of halogens is 1. The number of hydrogen-bond acceptors (Lipinski definition) is 3. The van der Waals surface area contributed by atoms with E-state index in [0.717, 1.165) is 10.9 Å². The van der Waals surface area contributed by atoms with Crippen molar-refractivity contribution in [2.24, 2.45) is 0 Å². The van der Waals surface area contributed by atoms with Gasteiger partial charge in [-0.15, -0.1) is 0 Å². The minimum atomic E-state index is -0.739. The fraction of sp³-hybridized carbons (Fsp3) is 0.167. The third-order valence-electron chi connectivity index (χ3n) is 3.91. The summed E-state index contributed by atoms with van der Waals surface area (Å²) in [7, 11) is 0. The average molecular weight is 342 g/mol. The molecule has 1 atom stereocenters. The smallest absolute Gasteiger partial charge is 0.275 e. The van der Waals surface area contributed by atoms with Crippen LogP contribution in [-0.4, -0.2) is 15.7 Å². The molecule has 0 spiro atoms. The Labute approximate surface area is 143 Å². The Morgan fingerprint density at radius 2 is 2.00 bits per heavy atom. The lowest BCUT2D eigenvalue weighted by molar-refractivity contribution is -0.119. The summed E-state index contributed by atoms with van der Waals surface area (Å²) in [5.41, 5.74) is 1.22. The van der Waals surface area contributed by atoms with Crippen LogP contribution < -0.4 is 10.9 Å². The van der Waals surface area contributed by atoms with Crippen molar-refractivity contribution in [1.29, 1.82) is 0 Å². The third-order valence-corrected chi connectivity index (χ3v) is 4.15. The van der Waals surface area contributed by atoms with E-state index < -0.39 is 6.04 Å². The SMILES string of the molecule is Cc1cc(Cl)ccc1NC(=O)C(C)n1ncc2ccccc2c1=O. The molecule has 0 fully saturated rings. The first-order valence-electron chi connectivity index (χ1n) is 7.51. The minimum absolute atomic E-state index is 0.288. The number of anilines is 1. The van der Waals surface area contributed by atoms with E-state index in [2.05, 4.69) is 10.4 Å². The van der Waals surface area contributed by atoms with Gasteiger partial charge in [0.1, 0.15) is 6.04 Å². The molecule has 0 aliphatic heterocycles. The Balaban J connectivity index is 1.91. The highest BCUT2D eigenvalue weighted by Gasteiger charge is 2.19. The van der Waals surface area contributed by atoms with Gasteiger partial charge in [0.2, 0.25) is 5.91 Å². The van der Waals surface area contributed by atoms with Crippen molar-refractivity contribution in [3.05, 3.63) is 69.6 Å². The molecule has 3 rings (SSSR count). The number of nitrogens with zero attached hydrogens (tertiary/aromatic N) is 2. The lowest BCUT2D eigenvalue weighted by atomic mass is 10.2. The molecular formula is C18H16ClN3O2. The van der Waals surface area contributed by atoms with Gasteiger partial charge >= 0.3 is 0 Å². The van der Waals surface area contributed by atoms with E-state index in [1.807, 2.05) is 19.1 Å². The molecule has 3 aromatic rings. The van der Waals surface area contributed by atoms with E-state index in [1.165, 1.54) is 4.68 Å². The largest absolute Gasteiger partial charge is 0.324 e. The summed E-state index contributed by atoms with van der Waals surface area (Å²) in [6.45, 7) is 3.50. The van der Waals surface area contributed by atoms with E-state index >= 15 is 0 Å². The predicted octanol–water partition coefficient (Wildman–Crippen LogP) is 3.56. The van der Waals surface area contributed by atoms with Crippen LogP contribution in [0.5, 0.6) is 0 Å². The van der Waals surface area contributed by atoms with Crippen LogP contribution in [0.2, 0.25) is 5.02 Å². The van der Waals surface area contributed by atoms with Crippen LogP contribution >= 0.6 is 11.6 Å². The first kappa shape index (κ1) is 16.2. The maximum atomic E-state index is 12.5. The molecule has 1 N–H and O–H groups in total. The van der Waals surface area contributed by atoms with Crippen molar-refractivity contribution in [2.75, 3.05) is 5.32 Å². The Morgan fingerprint density at radius 1 is 1.25 bits per heavy atom. The van der Waals surface area contributed by atoms with Crippen LogP contribution in [0.25, 0.3) is 10.8 Å². The molecule has 1 amide bonds. The molecule has 5 nitrogen and oxygen atoms in total. The second-order valence-electron chi connectivity index (χ2n) is 5.61. The summed E-state index contributed by atoms with van der Waals surface area (Å²) in [6.07, 6.45) is 1.59. The van der Waals surface area contributed by atoms with Gasteiger partial charge in [0, 0.05) is 16.1 Å². The Kier molecular flexibility index (Phi) is 4.36. The van der Waals surface area contributed by atoms with Gasteiger partial charge in [-0.2, -0.15) is 5.10 Å². The zero-order valence-electron chi connectivity index (χ0n) is 13.3. The first-order valence-corrected chi connectivity index (χ1v) is 7.89. The van der Waals surface area contributed by atoms with Crippen molar-refractivity contribution >= 4 is 34.0 Å². The predicted molar refractivity (Wildman–Crippen MR) is 95.5 cm³/mol. The zero-order valence-corrected chi connectivity index (χ0v) is 14.0. The molecule has 0 saturated heterocycles. The first-order chi connectivity index (χ1) is 11.5. The molecule has 1 unspecified atom stereocenters. The van der Waals surface area contributed by atoms with Gasteiger partial charge in [-0.1, -0.05) is 29.8 Å². The van der Waals surface area contributed by atoms with Crippen LogP contribution in [0.3, 0.4) is 0 Å². The number of amides is 1. The number of benzene rings is 2. The summed E-state index contributed by atoms with van der Waals surface area (Å²) in [5, 5.41) is 8.83. The fourth-order valence-electron chi connectivity index (χ4n) is 2.50. The molecule has 0 aliphatic carbocycles. The molecular weight excluding hydrogens is 326 g/mol. The van der Waals surface area contributed by atoms with Crippen molar-refractivity contribution in [3.63, 3.8) is 0 Å². The van der Waals surface area contributed by atoms with E-state index in [0.29, 0.717) is 16.1 Å². The van der Waals surface area contributed by atoms with Crippen molar-refractivity contribution in [1.82, 2.24) is 9.78 Å². The van der Waals surface area contributed by atoms with Crippen LogP contribution in [0.15, 0.2) is 53.5 Å². The van der Waals surface area contributed by atoms with E-state index in [9.17, 15) is 9.59 Å². The van der Waals surface area contributed by atoms with Crippen molar-refractivity contribution < 1.29 is 4.79 Å². The zero-order chi connectivity index (χ0) is 17.3. The number of aromatic nitrogens is 2. The molecule has 122 valence electrons. The van der Waals surface area contributed by atoms with E-state index in [4.69, 9.17) is 11.6 Å². The third kappa shape index (κ3) is 3.03. The average Bonchev–Trinajstić information content (AvgIpc) is 2.57. The maximum absolute atomic E-state index is 12.5. The number of rotatable bonds is 3. The number of fused-ring (bicyclic) bond motifs is 1. The Morgan fingerprint density at radius 3 is 2.75 bits per heavy atom. The molecule has 0 saturated carbocycles. The quantitative estimate of drug-likeness (QED) is 0.792. The molecule has 2 aromatic carbocycles. The number of hydrogen-bond donors (Lipinski definition) is 1. The maximum Gasteiger partial charge on any atom is 0.275 e. The van der Waals surface area contributed by atoms with Crippen LogP contribution in [0, 0.1) is 6.92 Å². The molecule has 0 aliphatic rings. The van der Waals surface area contributed by atoms with Crippen molar-refractivity contribution in [2.45, 2.75) is 19.9 Å². The lowest BCUT2D eigenvalue weighted by Crippen LogP contribution is -2.33. The van der Waals surface area contributed by atoms with E-state index in [1.54, 1.807) is 43.5 Å². The highest BCUT2D eigenvalue weighted by atomic mass is 35.5. The highest BCUT2D eigenvalue weighted by molar-refractivity contribution is 6.30. The number of carbonyl (C=O) groups is 1. The monoisotopic (exact) mass is 341 g/mol. The van der Waals surface area contributed by atoms with Gasteiger partial charge in [0.25, 0.3) is 5.56 Å². The van der Waals surface area contributed by atoms with Gasteiger partial charge in [-0.05, 0) is 43.7 Å². The standard InChI is InChI=1S/C18H16ClN3O2/c1-11-9-14(19)7-8-16(11)21-17(23)12(2)22-18(24)15-6-4-3-5-13(15)10-20-22/h3-10,12H,1-2H3,(H,21,23). The minimum Gasteiger partial charge on any atom is -0.324 e. The summed E-state index contributed by atoms with van der Waals surface area (Å²) in [4.78, 5) is 25.0. The Hall–Kier alpha value is -2.66. The molecule has 1 aromatic heterocycles. The Bertz CT molecular complexity index is 981. The molecule has 1 heterocycles. The summed E-state index contributed by atoms with van der Waals surface area (Å²) >= 11 is 5.92. The van der Waals surface area contributed by atoms with Crippen molar-refractivity contribution in [3.8, 4) is 0 Å². The van der Waals surface area contributed by atoms with Gasteiger partial charge in [0.05, 0.1) is 11.6 Å². The van der Waals surface area contributed by atoms with E-state index in [-0.39, 0.29) is 11.5 Å². The summed E-state index contributed by atoms with van der Waals surface area (Å²) in [5.74, 6) is -0.315. The second kappa shape index (κ2) is 6.45. The van der Waals surface area contributed by atoms with Crippen LogP contribution in [0.1, 0.15) is 18.5 Å². The number of aryl methyl sites for hydroxylation is 1. The van der Waals surface area contributed by atoms with Crippen LogP contribution in [-0.2, 0) is 4.79 Å². The normalized spacial score (nSPS) is 12.1.